The molecular weight excluding hydrogens is 294 g/mol. The zero-order valence-electron chi connectivity index (χ0n) is 12.9. The number of ether oxygens (including phenoxy) is 1. The van der Waals surface area contributed by atoms with Gasteiger partial charge < -0.3 is 20.3 Å². The van der Waals surface area contributed by atoms with Crippen molar-refractivity contribution in [1.29, 1.82) is 0 Å². The summed E-state index contributed by atoms with van der Waals surface area (Å²) >= 11 is 0. The quantitative estimate of drug-likeness (QED) is 0.641. The molecule has 0 aromatic carbocycles. The van der Waals surface area contributed by atoms with E-state index in [9.17, 15) is 9.59 Å². The number of amides is 2. The Hall–Kier alpha value is -0.850. The van der Waals surface area contributed by atoms with Crippen molar-refractivity contribution in [3.05, 3.63) is 0 Å². The van der Waals surface area contributed by atoms with E-state index in [0.717, 1.165) is 32.2 Å². The number of nitrogens with one attached hydrogen (secondary N) is 2. The van der Waals surface area contributed by atoms with Gasteiger partial charge in [-0.1, -0.05) is 12.8 Å². The van der Waals surface area contributed by atoms with Gasteiger partial charge in [-0.15, -0.1) is 12.4 Å². The number of carbonyl (C=O) groups is 2. The number of hydrogen-bond donors (Lipinski definition) is 2. The maximum atomic E-state index is 11.9. The average molecular weight is 322 g/mol. The zero-order valence-corrected chi connectivity index (χ0v) is 13.7. The molecule has 0 unspecified atom stereocenters. The summed E-state index contributed by atoms with van der Waals surface area (Å²) in [4.78, 5) is 25.3. The summed E-state index contributed by atoms with van der Waals surface area (Å²) in [5, 5.41) is 5.98. The van der Waals surface area contributed by atoms with Gasteiger partial charge in [0.25, 0.3) is 0 Å². The fourth-order valence-electron chi connectivity index (χ4n) is 2.20. The molecule has 7 heteroatoms. The van der Waals surface area contributed by atoms with Crippen LogP contribution >= 0.6 is 12.4 Å². The van der Waals surface area contributed by atoms with Crippen molar-refractivity contribution in [2.75, 3.05) is 46.4 Å². The smallest absolute Gasteiger partial charge is 0.239 e. The summed E-state index contributed by atoms with van der Waals surface area (Å²) in [5.74, 6) is 0.0329. The molecule has 0 atom stereocenters. The lowest BCUT2D eigenvalue weighted by molar-refractivity contribution is -0.136. The summed E-state index contributed by atoms with van der Waals surface area (Å²) < 4.78 is 4.91. The Morgan fingerprint density at radius 2 is 1.95 bits per heavy atom. The second kappa shape index (κ2) is 12.9. The van der Waals surface area contributed by atoms with E-state index in [0.29, 0.717) is 32.7 Å². The first-order valence-corrected chi connectivity index (χ1v) is 7.48. The van der Waals surface area contributed by atoms with Crippen molar-refractivity contribution in [2.45, 2.75) is 32.1 Å². The molecule has 1 saturated heterocycles. The van der Waals surface area contributed by atoms with E-state index in [4.69, 9.17) is 4.74 Å². The molecule has 21 heavy (non-hydrogen) atoms. The number of likely N-dealkylation sites (tertiary alicyclic amines) is 1. The Balaban J connectivity index is 0.00000400. The van der Waals surface area contributed by atoms with Crippen LogP contribution in [-0.4, -0.2) is 63.2 Å². The third kappa shape index (κ3) is 9.66. The fraction of sp³-hybridized carbons (Fsp3) is 0.857. The largest absolute Gasteiger partial charge is 0.383 e. The van der Waals surface area contributed by atoms with Crippen LogP contribution < -0.4 is 10.6 Å². The van der Waals surface area contributed by atoms with Crippen LogP contribution in [-0.2, 0) is 14.3 Å². The fourth-order valence-corrected chi connectivity index (χ4v) is 2.20. The molecule has 6 nitrogen and oxygen atoms in total. The molecule has 1 heterocycles. The highest BCUT2D eigenvalue weighted by Crippen LogP contribution is 2.11. The minimum absolute atomic E-state index is 0. The van der Waals surface area contributed by atoms with Crippen molar-refractivity contribution in [1.82, 2.24) is 15.5 Å². The molecule has 0 aromatic rings. The Kier molecular flexibility index (Phi) is 12.3. The predicted molar refractivity (Wildman–Crippen MR) is 84.7 cm³/mol. The summed E-state index contributed by atoms with van der Waals surface area (Å²) in [6, 6.07) is 0. The van der Waals surface area contributed by atoms with Crippen LogP contribution in [0, 0.1) is 0 Å². The Bertz CT molecular complexity index is 303. The lowest BCUT2D eigenvalue weighted by Gasteiger charge is -2.24. The van der Waals surface area contributed by atoms with Crippen LogP contribution in [0.25, 0.3) is 0 Å². The molecule has 0 spiro atoms. The number of halogens is 1. The third-order valence-electron chi connectivity index (χ3n) is 3.36. The van der Waals surface area contributed by atoms with E-state index in [1.54, 1.807) is 12.0 Å². The minimum Gasteiger partial charge on any atom is -0.383 e. The first kappa shape index (κ1) is 20.1. The highest BCUT2D eigenvalue weighted by atomic mass is 35.5. The number of hydrogen-bond acceptors (Lipinski definition) is 4. The highest BCUT2D eigenvalue weighted by molar-refractivity contribution is 5.85. The maximum Gasteiger partial charge on any atom is 0.239 e. The topological polar surface area (TPSA) is 70.7 Å². The number of carbonyl (C=O) groups excluding carboxylic acids is 2. The highest BCUT2D eigenvalue weighted by Gasteiger charge is 2.17. The van der Waals surface area contributed by atoms with Crippen molar-refractivity contribution < 1.29 is 14.3 Å². The average Bonchev–Trinajstić information content (AvgIpc) is 2.42. The van der Waals surface area contributed by atoms with Gasteiger partial charge in [-0.05, 0) is 12.8 Å². The summed E-state index contributed by atoms with van der Waals surface area (Å²) in [6.07, 6.45) is 4.79. The van der Waals surface area contributed by atoms with E-state index in [1.807, 2.05) is 0 Å². The Morgan fingerprint density at radius 1 is 1.19 bits per heavy atom. The standard InChI is InChI=1S/C14H27N3O3.ClH/c1-20-11-9-15-7-8-16-13(18)12-17-10-5-3-2-4-6-14(17)19;/h15H,2-12H2,1H3,(H,16,18);1H. The SMILES string of the molecule is COCCNCCNC(=O)CN1CCCCCCC1=O.Cl. The van der Waals surface area contributed by atoms with E-state index in [2.05, 4.69) is 10.6 Å². The van der Waals surface area contributed by atoms with Crippen molar-refractivity contribution in [3.8, 4) is 0 Å². The van der Waals surface area contributed by atoms with Crippen LogP contribution in [0.1, 0.15) is 32.1 Å². The van der Waals surface area contributed by atoms with Gasteiger partial charge in [0.05, 0.1) is 13.2 Å². The second-order valence-electron chi connectivity index (χ2n) is 5.07. The van der Waals surface area contributed by atoms with Gasteiger partial charge in [0.1, 0.15) is 0 Å². The van der Waals surface area contributed by atoms with E-state index in [-0.39, 0.29) is 30.8 Å². The van der Waals surface area contributed by atoms with Crippen LogP contribution in [0.3, 0.4) is 0 Å². The molecule has 1 aliphatic heterocycles. The molecule has 0 radical (unpaired) electrons. The molecule has 2 amide bonds. The Morgan fingerprint density at radius 3 is 2.71 bits per heavy atom. The molecule has 0 aliphatic carbocycles. The Labute approximate surface area is 133 Å². The van der Waals surface area contributed by atoms with E-state index >= 15 is 0 Å². The predicted octanol–water partition coefficient (Wildman–Crippen LogP) is 0.553. The van der Waals surface area contributed by atoms with Gasteiger partial charge in [0.2, 0.25) is 11.8 Å². The van der Waals surface area contributed by atoms with E-state index < -0.39 is 0 Å². The van der Waals surface area contributed by atoms with Gasteiger partial charge in [0.15, 0.2) is 0 Å². The third-order valence-corrected chi connectivity index (χ3v) is 3.36. The molecular formula is C14H28ClN3O3. The van der Waals surface area contributed by atoms with Gasteiger partial charge in [-0.2, -0.15) is 0 Å². The number of methoxy groups -OCH3 is 1. The molecule has 1 rings (SSSR count). The summed E-state index contributed by atoms with van der Waals surface area (Å²) in [5.41, 5.74) is 0. The maximum absolute atomic E-state index is 11.9. The molecule has 124 valence electrons. The van der Waals surface area contributed by atoms with Crippen LogP contribution in [0.5, 0.6) is 0 Å². The zero-order chi connectivity index (χ0) is 14.6. The van der Waals surface area contributed by atoms with Gasteiger partial charge in [0, 0.05) is 39.7 Å². The first-order chi connectivity index (χ1) is 9.74. The summed E-state index contributed by atoms with van der Waals surface area (Å²) in [6.45, 7) is 3.62. The second-order valence-corrected chi connectivity index (χ2v) is 5.07. The normalized spacial score (nSPS) is 15.9. The molecule has 1 fully saturated rings. The number of rotatable bonds is 8. The van der Waals surface area contributed by atoms with E-state index in [1.165, 1.54) is 0 Å². The van der Waals surface area contributed by atoms with Crippen LogP contribution in [0.15, 0.2) is 0 Å². The van der Waals surface area contributed by atoms with Crippen molar-refractivity contribution in [3.63, 3.8) is 0 Å². The van der Waals surface area contributed by atoms with Gasteiger partial charge in [-0.3, -0.25) is 9.59 Å². The molecule has 0 bridgehead atoms. The molecule has 0 aromatic heterocycles. The van der Waals surface area contributed by atoms with Gasteiger partial charge >= 0.3 is 0 Å². The lowest BCUT2D eigenvalue weighted by Crippen LogP contribution is -2.43. The minimum atomic E-state index is -0.0764. The van der Waals surface area contributed by atoms with Crippen LogP contribution in [0.4, 0.5) is 0 Å². The van der Waals surface area contributed by atoms with Crippen LogP contribution in [0.2, 0.25) is 0 Å². The first-order valence-electron chi connectivity index (χ1n) is 7.48. The monoisotopic (exact) mass is 321 g/mol. The molecule has 1 aliphatic rings. The lowest BCUT2D eigenvalue weighted by atomic mass is 10.1. The number of nitrogens with zero attached hydrogens (tertiary/aromatic N) is 1. The van der Waals surface area contributed by atoms with Gasteiger partial charge in [-0.25, -0.2) is 0 Å². The summed E-state index contributed by atoms with van der Waals surface area (Å²) in [7, 11) is 1.66. The van der Waals surface area contributed by atoms with Crippen molar-refractivity contribution >= 4 is 24.2 Å². The molecule has 0 saturated carbocycles. The van der Waals surface area contributed by atoms with Crippen molar-refractivity contribution in [2.24, 2.45) is 0 Å². The molecule has 2 N–H and O–H groups in total.